The lowest BCUT2D eigenvalue weighted by Gasteiger charge is -2.15. The van der Waals surface area contributed by atoms with Gasteiger partial charge < -0.3 is 0 Å². The Kier molecular flexibility index (Phi) is 3.87. The average Bonchev–Trinajstić information content (AvgIpc) is 2.55. The first kappa shape index (κ1) is 13.2. The molecule has 0 aromatic heterocycles. The number of nitrogens with zero attached hydrogens (tertiary/aromatic N) is 2. The first-order valence-electron chi connectivity index (χ1n) is 6.82. The second-order valence-electron chi connectivity index (χ2n) is 4.79. The van der Waals surface area contributed by atoms with E-state index in [2.05, 4.69) is 15.5 Å². The summed E-state index contributed by atoms with van der Waals surface area (Å²) in [6.45, 7) is 0.551. The van der Waals surface area contributed by atoms with E-state index < -0.39 is 0 Å². The molecule has 0 radical (unpaired) electrons. The number of hydrazone groups is 1. The number of nitrogens with one attached hydrogen (secondary N) is 1. The first-order valence-corrected chi connectivity index (χ1v) is 6.82. The summed E-state index contributed by atoms with van der Waals surface area (Å²) in [7, 11) is 0. The second-order valence-corrected chi connectivity index (χ2v) is 4.79. The van der Waals surface area contributed by atoms with Crippen LogP contribution in [0.3, 0.4) is 0 Å². The van der Waals surface area contributed by atoms with Crippen LogP contribution in [0.5, 0.6) is 0 Å². The van der Waals surface area contributed by atoms with Gasteiger partial charge in [0.2, 0.25) is 5.91 Å². The molecule has 4 nitrogen and oxygen atoms in total. The zero-order valence-electron chi connectivity index (χ0n) is 11.5. The summed E-state index contributed by atoms with van der Waals surface area (Å²) < 4.78 is 0. The van der Waals surface area contributed by atoms with E-state index >= 15 is 0 Å². The molecule has 2 aromatic rings. The molecule has 4 heteroatoms. The average molecular weight is 277 g/mol. The summed E-state index contributed by atoms with van der Waals surface area (Å²) in [6.07, 6.45) is 0.264. The normalized spacial score (nSPS) is 16.5. The fraction of sp³-hybridized carbons (Fsp3) is 0.118. The molecule has 104 valence electrons. The third kappa shape index (κ3) is 3.23. The van der Waals surface area contributed by atoms with Gasteiger partial charge in [0.1, 0.15) is 5.71 Å². The monoisotopic (exact) mass is 277 g/mol. The van der Waals surface area contributed by atoms with Crippen LogP contribution < -0.4 is 5.43 Å². The lowest BCUT2D eigenvalue weighted by atomic mass is 10.0. The molecule has 2 aromatic carbocycles. The molecule has 1 amide bonds. The highest BCUT2D eigenvalue weighted by Crippen LogP contribution is 2.10. The molecular weight excluding hydrogens is 262 g/mol. The highest BCUT2D eigenvalue weighted by molar-refractivity contribution is 6.51. The molecule has 0 fully saturated rings. The molecule has 21 heavy (non-hydrogen) atoms. The topological polar surface area (TPSA) is 53.8 Å². The Balaban J connectivity index is 1.89. The SMILES string of the molecule is O=C1CC(=NCc2ccccc2)C(c2ccccc2)=NN1. The maximum atomic E-state index is 11.6. The largest absolute Gasteiger partial charge is 0.282 e. The minimum atomic E-state index is -0.124. The van der Waals surface area contributed by atoms with Gasteiger partial charge in [-0.25, -0.2) is 5.43 Å². The molecule has 0 saturated heterocycles. The van der Waals surface area contributed by atoms with Gasteiger partial charge in [0, 0.05) is 5.56 Å². The van der Waals surface area contributed by atoms with Crippen molar-refractivity contribution in [2.75, 3.05) is 0 Å². The molecule has 3 rings (SSSR count). The smallest absolute Gasteiger partial charge is 0.246 e. The minimum absolute atomic E-state index is 0.124. The minimum Gasteiger partial charge on any atom is -0.282 e. The van der Waals surface area contributed by atoms with E-state index in [0.717, 1.165) is 22.6 Å². The van der Waals surface area contributed by atoms with Crippen LogP contribution >= 0.6 is 0 Å². The third-order valence-corrected chi connectivity index (χ3v) is 3.24. The number of aliphatic imine (C=N–C) groups is 1. The number of carbonyl (C=O) groups excluding carboxylic acids is 1. The van der Waals surface area contributed by atoms with E-state index in [9.17, 15) is 4.79 Å². The Morgan fingerprint density at radius 3 is 2.38 bits per heavy atom. The second kappa shape index (κ2) is 6.13. The van der Waals surface area contributed by atoms with Crippen molar-refractivity contribution in [3.05, 3.63) is 71.8 Å². The van der Waals surface area contributed by atoms with Gasteiger partial charge in [-0.15, -0.1) is 0 Å². The summed E-state index contributed by atoms with van der Waals surface area (Å²) in [5.74, 6) is -0.124. The lowest BCUT2D eigenvalue weighted by molar-refractivity contribution is -0.120. The van der Waals surface area contributed by atoms with Gasteiger partial charge in [0.25, 0.3) is 0 Å². The van der Waals surface area contributed by atoms with Crippen molar-refractivity contribution in [2.24, 2.45) is 10.1 Å². The number of hydrogen-bond donors (Lipinski definition) is 1. The number of benzene rings is 2. The number of carbonyl (C=O) groups is 1. The van der Waals surface area contributed by atoms with Gasteiger partial charge in [0.05, 0.1) is 18.7 Å². The predicted molar refractivity (Wildman–Crippen MR) is 83.3 cm³/mol. The van der Waals surface area contributed by atoms with Crippen LogP contribution in [0.15, 0.2) is 70.8 Å². The Hall–Kier alpha value is -2.75. The molecule has 1 N–H and O–H groups in total. The zero-order chi connectivity index (χ0) is 14.5. The molecule has 1 aliphatic heterocycles. The summed E-state index contributed by atoms with van der Waals surface area (Å²) in [5, 5.41) is 4.16. The van der Waals surface area contributed by atoms with Crippen LogP contribution in [-0.4, -0.2) is 17.3 Å². The molecule has 1 heterocycles. The van der Waals surface area contributed by atoms with Crippen molar-refractivity contribution in [1.82, 2.24) is 5.43 Å². The van der Waals surface area contributed by atoms with E-state index in [-0.39, 0.29) is 12.3 Å². The van der Waals surface area contributed by atoms with E-state index in [1.54, 1.807) is 0 Å². The van der Waals surface area contributed by atoms with Gasteiger partial charge in [-0.2, -0.15) is 5.10 Å². The van der Waals surface area contributed by atoms with E-state index in [1.165, 1.54) is 0 Å². The first-order chi connectivity index (χ1) is 10.3. The van der Waals surface area contributed by atoms with Crippen molar-refractivity contribution in [1.29, 1.82) is 0 Å². The summed E-state index contributed by atoms with van der Waals surface area (Å²) >= 11 is 0. The van der Waals surface area contributed by atoms with Crippen molar-refractivity contribution in [3.8, 4) is 0 Å². The highest BCUT2D eigenvalue weighted by Gasteiger charge is 2.20. The van der Waals surface area contributed by atoms with Crippen LogP contribution in [-0.2, 0) is 11.3 Å². The standard InChI is InChI=1S/C17H15N3O/c21-16-11-15(18-12-13-7-3-1-4-8-13)17(20-19-16)14-9-5-2-6-10-14/h1-10H,11-12H2,(H,19,21). The molecule has 0 bridgehead atoms. The van der Waals surface area contributed by atoms with Gasteiger partial charge in [0.15, 0.2) is 0 Å². The fourth-order valence-corrected chi connectivity index (χ4v) is 2.19. The van der Waals surface area contributed by atoms with Gasteiger partial charge in [-0.3, -0.25) is 9.79 Å². The molecule has 0 spiro atoms. The molecule has 0 unspecified atom stereocenters. The van der Waals surface area contributed by atoms with Crippen LogP contribution in [0.4, 0.5) is 0 Å². The van der Waals surface area contributed by atoms with Gasteiger partial charge in [-0.1, -0.05) is 60.7 Å². The summed E-state index contributed by atoms with van der Waals surface area (Å²) in [4.78, 5) is 16.1. The molecule has 0 saturated carbocycles. The third-order valence-electron chi connectivity index (χ3n) is 3.24. The highest BCUT2D eigenvalue weighted by atomic mass is 16.2. The summed E-state index contributed by atoms with van der Waals surface area (Å²) in [6, 6.07) is 19.8. The van der Waals surface area contributed by atoms with Crippen molar-refractivity contribution < 1.29 is 4.79 Å². The van der Waals surface area contributed by atoms with E-state index in [1.807, 2.05) is 60.7 Å². The van der Waals surface area contributed by atoms with Crippen molar-refractivity contribution >= 4 is 17.3 Å². The maximum Gasteiger partial charge on any atom is 0.246 e. The number of hydrogen-bond acceptors (Lipinski definition) is 3. The van der Waals surface area contributed by atoms with E-state index in [0.29, 0.717) is 6.54 Å². The fourth-order valence-electron chi connectivity index (χ4n) is 2.19. The Bertz CT molecular complexity index is 690. The quantitative estimate of drug-likeness (QED) is 0.921. The van der Waals surface area contributed by atoms with Crippen LogP contribution in [0.1, 0.15) is 17.5 Å². The lowest BCUT2D eigenvalue weighted by Crippen LogP contribution is -2.33. The van der Waals surface area contributed by atoms with Gasteiger partial charge >= 0.3 is 0 Å². The Morgan fingerprint density at radius 1 is 1.00 bits per heavy atom. The predicted octanol–water partition coefficient (Wildman–Crippen LogP) is 2.55. The number of rotatable bonds is 3. The molecule has 0 atom stereocenters. The summed E-state index contributed by atoms with van der Waals surface area (Å²) in [5.41, 5.74) is 6.08. The number of amides is 1. The van der Waals surface area contributed by atoms with Crippen LogP contribution in [0.25, 0.3) is 0 Å². The Morgan fingerprint density at radius 2 is 1.67 bits per heavy atom. The molecule has 0 aliphatic carbocycles. The molecular formula is C17H15N3O. The van der Waals surface area contributed by atoms with Crippen LogP contribution in [0, 0.1) is 0 Å². The van der Waals surface area contributed by atoms with Crippen molar-refractivity contribution in [2.45, 2.75) is 13.0 Å². The van der Waals surface area contributed by atoms with Crippen LogP contribution in [0.2, 0.25) is 0 Å². The van der Waals surface area contributed by atoms with E-state index in [4.69, 9.17) is 0 Å². The molecule has 1 aliphatic rings. The Labute approximate surface area is 123 Å². The van der Waals surface area contributed by atoms with Gasteiger partial charge in [-0.05, 0) is 5.56 Å². The van der Waals surface area contributed by atoms with Crippen molar-refractivity contribution in [3.63, 3.8) is 0 Å². The maximum absolute atomic E-state index is 11.6. The zero-order valence-corrected chi connectivity index (χ0v) is 11.5.